The summed E-state index contributed by atoms with van der Waals surface area (Å²) < 4.78 is 7.19. The SMILES string of the molecule is CCOC(=O)C(N)Cc1cc(C)n(C(C)C)c1C. The molecule has 0 fully saturated rings. The smallest absolute Gasteiger partial charge is 0.323 e. The molecular weight excluding hydrogens is 228 g/mol. The van der Waals surface area contributed by atoms with E-state index in [1.165, 1.54) is 11.4 Å². The van der Waals surface area contributed by atoms with Crippen LogP contribution in [0.5, 0.6) is 0 Å². The molecule has 0 saturated carbocycles. The summed E-state index contributed by atoms with van der Waals surface area (Å²) in [7, 11) is 0. The third kappa shape index (κ3) is 3.13. The summed E-state index contributed by atoms with van der Waals surface area (Å²) in [5, 5.41) is 0. The van der Waals surface area contributed by atoms with E-state index in [1.54, 1.807) is 6.92 Å². The fraction of sp³-hybridized carbons (Fsp3) is 0.643. The quantitative estimate of drug-likeness (QED) is 0.817. The van der Waals surface area contributed by atoms with Crippen molar-refractivity contribution in [2.75, 3.05) is 6.61 Å². The van der Waals surface area contributed by atoms with Gasteiger partial charge in [-0.3, -0.25) is 4.79 Å². The zero-order chi connectivity index (χ0) is 13.9. The molecule has 102 valence electrons. The average Bonchev–Trinajstić information content (AvgIpc) is 2.54. The lowest BCUT2D eigenvalue weighted by Gasteiger charge is -2.14. The maximum absolute atomic E-state index is 11.5. The summed E-state index contributed by atoms with van der Waals surface area (Å²) in [6, 6.07) is 1.94. The normalized spacial score (nSPS) is 12.8. The van der Waals surface area contributed by atoms with Gasteiger partial charge in [-0.15, -0.1) is 0 Å². The minimum atomic E-state index is -0.578. The number of carbonyl (C=O) groups is 1. The standard InChI is InChI=1S/C14H24N2O2/c1-6-18-14(17)13(15)8-12-7-10(4)16(9(2)3)11(12)5/h7,9,13H,6,8,15H2,1-5H3. The number of rotatable bonds is 5. The third-order valence-corrected chi connectivity index (χ3v) is 3.13. The number of esters is 1. The fourth-order valence-electron chi connectivity index (χ4n) is 2.42. The summed E-state index contributed by atoms with van der Waals surface area (Å²) in [6.45, 7) is 10.6. The van der Waals surface area contributed by atoms with E-state index >= 15 is 0 Å². The lowest BCUT2D eigenvalue weighted by Crippen LogP contribution is -2.34. The highest BCUT2D eigenvalue weighted by Gasteiger charge is 2.19. The molecular formula is C14H24N2O2. The van der Waals surface area contributed by atoms with Gasteiger partial charge in [-0.2, -0.15) is 0 Å². The van der Waals surface area contributed by atoms with E-state index in [-0.39, 0.29) is 5.97 Å². The summed E-state index contributed by atoms with van der Waals surface area (Å²) in [6.07, 6.45) is 0.533. The van der Waals surface area contributed by atoms with E-state index in [1.807, 2.05) is 0 Å². The van der Waals surface area contributed by atoms with Crippen molar-refractivity contribution >= 4 is 5.97 Å². The van der Waals surface area contributed by atoms with E-state index in [0.717, 1.165) is 5.56 Å². The number of aryl methyl sites for hydroxylation is 1. The largest absolute Gasteiger partial charge is 0.465 e. The molecule has 0 amide bonds. The minimum Gasteiger partial charge on any atom is -0.465 e. The lowest BCUT2D eigenvalue weighted by molar-refractivity contribution is -0.144. The summed E-state index contributed by atoms with van der Waals surface area (Å²) in [5.74, 6) is -0.327. The van der Waals surface area contributed by atoms with Crippen molar-refractivity contribution in [3.63, 3.8) is 0 Å². The summed E-state index contributed by atoms with van der Waals surface area (Å²) in [5.41, 5.74) is 9.37. The van der Waals surface area contributed by atoms with Crippen molar-refractivity contribution in [3.8, 4) is 0 Å². The van der Waals surface area contributed by atoms with Gasteiger partial charge in [0.15, 0.2) is 0 Å². The van der Waals surface area contributed by atoms with Crippen molar-refractivity contribution in [1.29, 1.82) is 0 Å². The number of hydrogen-bond acceptors (Lipinski definition) is 3. The van der Waals surface area contributed by atoms with Gasteiger partial charge in [0, 0.05) is 17.4 Å². The Kier molecular flexibility index (Phi) is 4.96. The van der Waals surface area contributed by atoms with Gasteiger partial charge in [0.25, 0.3) is 0 Å². The van der Waals surface area contributed by atoms with Gasteiger partial charge in [0.1, 0.15) is 6.04 Å². The van der Waals surface area contributed by atoms with Gasteiger partial charge in [-0.25, -0.2) is 0 Å². The van der Waals surface area contributed by atoms with Gasteiger partial charge in [0.05, 0.1) is 6.61 Å². The molecule has 0 aliphatic carbocycles. The van der Waals surface area contributed by atoms with Gasteiger partial charge >= 0.3 is 5.97 Å². The molecule has 0 bridgehead atoms. The second-order valence-electron chi connectivity index (χ2n) is 4.92. The molecule has 1 heterocycles. The molecule has 1 aromatic rings. The predicted octanol–water partition coefficient (Wildman–Crippen LogP) is 2.12. The molecule has 4 heteroatoms. The van der Waals surface area contributed by atoms with Crippen LogP contribution in [0, 0.1) is 13.8 Å². The molecule has 4 nitrogen and oxygen atoms in total. The summed E-state index contributed by atoms with van der Waals surface area (Å²) >= 11 is 0. The molecule has 1 atom stereocenters. The molecule has 1 rings (SSSR count). The first-order valence-corrected chi connectivity index (χ1v) is 6.48. The molecule has 18 heavy (non-hydrogen) atoms. The van der Waals surface area contributed by atoms with Crippen molar-refractivity contribution in [2.24, 2.45) is 5.73 Å². The molecule has 2 N–H and O–H groups in total. The van der Waals surface area contributed by atoms with Crippen LogP contribution >= 0.6 is 0 Å². The Hall–Kier alpha value is -1.29. The van der Waals surface area contributed by atoms with Crippen molar-refractivity contribution in [3.05, 3.63) is 23.0 Å². The second kappa shape index (κ2) is 6.05. The van der Waals surface area contributed by atoms with Crippen molar-refractivity contribution < 1.29 is 9.53 Å². The number of carbonyl (C=O) groups excluding carboxylic acids is 1. The van der Waals surface area contributed by atoms with Crippen LogP contribution in [0.2, 0.25) is 0 Å². The van der Waals surface area contributed by atoms with Gasteiger partial charge in [-0.05, 0) is 52.7 Å². The topological polar surface area (TPSA) is 57.2 Å². The first-order chi connectivity index (χ1) is 8.38. The number of hydrogen-bond donors (Lipinski definition) is 1. The van der Waals surface area contributed by atoms with Gasteiger partial charge in [0.2, 0.25) is 0 Å². The second-order valence-corrected chi connectivity index (χ2v) is 4.92. The third-order valence-electron chi connectivity index (χ3n) is 3.13. The first kappa shape index (κ1) is 14.8. The van der Waals surface area contributed by atoms with Crippen LogP contribution in [-0.2, 0) is 16.0 Å². The molecule has 0 saturated heterocycles. The van der Waals surface area contributed by atoms with Crippen LogP contribution < -0.4 is 5.73 Å². The Labute approximate surface area is 109 Å². The van der Waals surface area contributed by atoms with Crippen LogP contribution in [0.25, 0.3) is 0 Å². The highest BCUT2D eigenvalue weighted by atomic mass is 16.5. The van der Waals surface area contributed by atoms with E-state index in [2.05, 4.69) is 38.3 Å². The molecule has 0 radical (unpaired) electrons. The first-order valence-electron chi connectivity index (χ1n) is 6.48. The molecule has 0 aromatic carbocycles. The maximum Gasteiger partial charge on any atom is 0.323 e. The van der Waals surface area contributed by atoms with Crippen LogP contribution in [-0.4, -0.2) is 23.2 Å². The number of ether oxygens (including phenoxy) is 1. The van der Waals surface area contributed by atoms with Crippen LogP contribution in [0.15, 0.2) is 6.07 Å². The Morgan fingerprint density at radius 1 is 1.44 bits per heavy atom. The van der Waals surface area contributed by atoms with Gasteiger partial charge in [-0.1, -0.05) is 0 Å². The van der Waals surface area contributed by atoms with Gasteiger partial charge < -0.3 is 15.0 Å². The molecule has 1 aromatic heterocycles. The summed E-state index contributed by atoms with van der Waals surface area (Å²) in [4.78, 5) is 11.5. The zero-order valence-corrected chi connectivity index (χ0v) is 12.0. The Balaban J connectivity index is 2.86. The Morgan fingerprint density at radius 2 is 2.06 bits per heavy atom. The highest BCUT2D eigenvalue weighted by molar-refractivity contribution is 5.75. The van der Waals surface area contributed by atoms with E-state index in [0.29, 0.717) is 19.1 Å². The highest BCUT2D eigenvalue weighted by Crippen LogP contribution is 2.21. The lowest BCUT2D eigenvalue weighted by atomic mass is 10.1. The fourth-order valence-corrected chi connectivity index (χ4v) is 2.42. The zero-order valence-electron chi connectivity index (χ0n) is 12.0. The molecule has 1 unspecified atom stereocenters. The van der Waals surface area contributed by atoms with E-state index in [4.69, 9.17) is 10.5 Å². The maximum atomic E-state index is 11.5. The van der Waals surface area contributed by atoms with E-state index < -0.39 is 6.04 Å². The molecule has 0 aliphatic rings. The number of nitrogens with zero attached hydrogens (tertiary/aromatic N) is 1. The molecule has 0 spiro atoms. The van der Waals surface area contributed by atoms with Crippen molar-refractivity contribution in [2.45, 2.75) is 53.1 Å². The Bertz CT molecular complexity index is 422. The van der Waals surface area contributed by atoms with Crippen LogP contribution in [0.1, 0.15) is 43.8 Å². The monoisotopic (exact) mass is 252 g/mol. The molecule has 0 aliphatic heterocycles. The predicted molar refractivity (Wildman–Crippen MR) is 72.6 cm³/mol. The number of nitrogens with two attached hydrogens (primary N) is 1. The van der Waals surface area contributed by atoms with Crippen LogP contribution in [0.3, 0.4) is 0 Å². The Morgan fingerprint density at radius 3 is 2.50 bits per heavy atom. The van der Waals surface area contributed by atoms with Crippen molar-refractivity contribution in [1.82, 2.24) is 4.57 Å². The minimum absolute atomic E-state index is 0.327. The average molecular weight is 252 g/mol. The van der Waals surface area contributed by atoms with E-state index in [9.17, 15) is 4.79 Å². The van der Waals surface area contributed by atoms with Crippen LogP contribution in [0.4, 0.5) is 0 Å². The number of aromatic nitrogens is 1.